The summed E-state index contributed by atoms with van der Waals surface area (Å²) in [5, 5.41) is 4.10. The number of carbonyl (C=O) groups is 2. The molecule has 5 nitrogen and oxygen atoms in total. The number of methoxy groups -OCH3 is 1. The van der Waals surface area contributed by atoms with E-state index in [1.807, 2.05) is 48.5 Å². The third-order valence-electron chi connectivity index (χ3n) is 8.49. The summed E-state index contributed by atoms with van der Waals surface area (Å²) in [5.74, 6) is 0.439. The topological polar surface area (TPSA) is 58.6 Å². The minimum atomic E-state index is -0.717. The number of allylic oxidation sites excluding steroid dienone is 1. The Balaban J connectivity index is 1.51. The Hall–Kier alpha value is -4.35. The van der Waals surface area contributed by atoms with E-state index < -0.39 is 6.04 Å². The zero-order valence-electron chi connectivity index (χ0n) is 24.9. The van der Waals surface area contributed by atoms with Gasteiger partial charge in [0.25, 0.3) is 5.91 Å². The number of ether oxygens (including phenoxy) is 1. The second-order valence-electron chi connectivity index (χ2n) is 12.3. The van der Waals surface area contributed by atoms with Crippen LogP contribution < -0.4 is 15.0 Å². The van der Waals surface area contributed by atoms with Gasteiger partial charge in [-0.25, -0.2) is 0 Å². The van der Waals surface area contributed by atoms with Gasteiger partial charge in [0.15, 0.2) is 5.78 Å². The number of carbonyl (C=O) groups excluding carboxylic acids is 2. The zero-order chi connectivity index (χ0) is 30.3. The van der Waals surface area contributed by atoms with Crippen molar-refractivity contribution < 1.29 is 14.3 Å². The number of fused-ring (bicyclic) bond motifs is 1. The van der Waals surface area contributed by atoms with Crippen LogP contribution in [0.1, 0.15) is 72.6 Å². The molecule has 2 atom stereocenters. The monoisotopic (exact) mass is 590 g/mol. The highest BCUT2D eigenvalue weighted by molar-refractivity contribution is 6.31. The minimum Gasteiger partial charge on any atom is -0.497 e. The fourth-order valence-corrected chi connectivity index (χ4v) is 6.41. The first-order valence-electron chi connectivity index (χ1n) is 14.6. The van der Waals surface area contributed by atoms with Gasteiger partial charge in [-0.1, -0.05) is 87.0 Å². The van der Waals surface area contributed by atoms with Crippen molar-refractivity contribution in [2.45, 2.75) is 51.0 Å². The van der Waals surface area contributed by atoms with Crippen molar-refractivity contribution in [1.29, 1.82) is 0 Å². The summed E-state index contributed by atoms with van der Waals surface area (Å²) in [6, 6.07) is 30.2. The van der Waals surface area contributed by atoms with E-state index in [1.54, 1.807) is 36.3 Å². The van der Waals surface area contributed by atoms with Gasteiger partial charge in [-0.2, -0.15) is 0 Å². The molecule has 1 heterocycles. The average Bonchev–Trinajstić information content (AvgIpc) is 3.15. The number of hydrogen-bond acceptors (Lipinski definition) is 4. The summed E-state index contributed by atoms with van der Waals surface area (Å²) < 4.78 is 5.33. The molecule has 43 heavy (non-hydrogen) atoms. The Bertz CT molecular complexity index is 1720. The molecule has 0 radical (unpaired) electrons. The molecule has 0 fully saturated rings. The maximum absolute atomic E-state index is 14.5. The lowest BCUT2D eigenvalue weighted by molar-refractivity contribution is -0.116. The molecule has 4 aromatic rings. The fourth-order valence-electron chi connectivity index (χ4n) is 6.17. The van der Waals surface area contributed by atoms with Crippen molar-refractivity contribution in [1.82, 2.24) is 0 Å². The fraction of sp³-hybridized carbons (Fsp3) is 0.243. The number of para-hydroxylation sites is 2. The first-order chi connectivity index (χ1) is 20.7. The summed E-state index contributed by atoms with van der Waals surface area (Å²) in [6.07, 6.45) is 0.979. The van der Waals surface area contributed by atoms with E-state index in [2.05, 4.69) is 50.4 Å². The minimum absolute atomic E-state index is 0.00362. The van der Waals surface area contributed by atoms with Gasteiger partial charge < -0.3 is 10.1 Å². The van der Waals surface area contributed by atoms with E-state index >= 15 is 0 Å². The number of Topliss-reactive ketones (excluding diaryl/α,β-unsaturated/α-hetero) is 1. The average molecular weight is 591 g/mol. The van der Waals surface area contributed by atoms with Gasteiger partial charge in [-0.15, -0.1) is 0 Å². The lowest BCUT2D eigenvalue weighted by atomic mass is 9.77. The van der Waals surface area contributed by atoms with E-state index in [-0.39, 0.29) is 23.0 Å². The normalized spacial score (nSPS) is 18.3. The number of rotatable bonds is 4. The van der Waals surface area contributed by atoms with Gasteiger partial charge >= 0.3 is 0 Å². The van der Waals surface area contributed by atoms with Crippen LogP contribution in [0.2, 0.25) is 5.02 Å². The predicted octanol–water partition coefficient (Wildman–Crippen LogP) is 8.86. The van der Waals surface area contributed by atoms with Crippen LogP contribution >= 0.6 is 11.6 Å². The molecule has 0 aromatic heterocycles. The van der Waals surface area contributed by atoms with Crippen LogP contribution in [0.25, 0.3) is 0 Å². The second kappa shape index (κ2) is 11.4. The van der Waals surface area contributed by atoms with Crippen molar-refractivity contribution in [3.05, 3.63) is 136 Å². The van der Waals surface area contributed by atoms with Gasteiger partial charge in [-0.05, 0) is 76.9 Å². The first-order valence-corrected chi connectivity index (χ1v) is 15.0. The Labute approximate surface area is 258 Å². The summed E-state index contributed by atoms with van der Waals surface area (Å²) in [7, 11) is 1.59. The molecule has 0 unspecified atom stereocenters. The van der Waals surface area contributed by atoms with Crippen LogP contribution in [0.15, 0.2) is 108 Å². The van der Waals surface area contributed by atoms with Crippen LogP contribution in [0.4, 0.5) is 11.4 Å². The van der Waals surface area contributed by atoms with E-state index in [4.69, 9.17) is 16.3 Å². The highest BCUT2D eigenvalue weighted by atomic mass is 35.5. The van der Waals surface area contributed by atoms with E-state index in [1.165, 1.54) is 5.56 Å². The maximum atomic E-state index is 14.5. The molecule has 0 bridgehead atoms. The Morgan fingerprint density at radius 1 is 0.884 bits per heavy atom. The van der Waals surface area contributed by atoms with Crippen LogP contribution in [0, 0.1) is 0 Å². The largest absolute Gasteiger partial charge is 0.497 e. The van der Waals surface area contributed by atoms with Gasteiger partial charge in [0.2, 0.25) is 0 Å². The molecular weight excluding hydrogens is 556 g/mol. The lowest BCUT2D eigenvalue weighted by Crippen LogP contribution is -2.38. The second-order valence-corrected chi connectivity index (χ2v) is 12.7. The van der Waals surface area contributed by atoms with Gasteiger partial charge in [-0.3, -0.25) is 14.5 Å². The van der Waals surface area contributed by atoms with Crippen molar-refractivity contribution in [2.24, 2.45) is 0 Å². The molecule has 6 heteroatoms. The predicted molar refractivity (Wildman–Crippen MR) is 173 cm³/mol. The number of ketones is 1. The molecule has 218 valence electrons. The van der Waals surface area contributed by atoms with Gasteiger partial charge in [0.1, 0.15) is 5.75 Å². The highest BCUT2D eigenvalue weighted by Gasteiger charge is 2.42. The highest BCUT2D eigenvalue weighted by Crippen LogP contribution is 2.49. The van der Waals surface area contributed by atoms with E-state index in [0.29, 0.717) is 46.0 Å². The molecule has 0 spiro atoms. The molecule has 2 aliphatic rings. The van der Waals surface area contributed by atoms with E-state index in [9.17, 15) is 9.59 Å². The Morgan fingerprint density at radius 2 is 1.56 bits per heavy atom. The molecule has 0 saturated carbocycles. The van der Waals surface area contributed by atoms with E-state index in [0.717, 1.165) is 16.9 Å². The van der Waals surface area contributed by atoms with Crippen molar-refractivity contribution in [3.63, 3.8) is 0 Å². The summed E-state index contributed by atoms with van der Waals surface area (Å²) in [5.41, 5.74) is 6.47. The SMILES string of the molecule is COc1ccc(C(=O)N2c3ccccc3NC3=C(C(=O)C[C@H](c4ccc(C(C)(C)C)cc4)C3)[C@@H]2c2ccccc2Cl)cc1. The third-order valence-corrected chi connectivity index (χ3v) is 8.84. The quantitative estimate of drug-likeness (QED) is 0.258. The van der Waals surface area contributed by atoms with Crippen molar-refractivity contribution in [3.8, 4) is 5.75 Å². The summed E-state index contributed by atoms with van der Waals surface area (Å²) in [6.45, 7) is 6.60. The van der Waals surface area contributed by atoms with Crippen LogP contribution in [0.3, 0.4) is 0 Å². The molecule has 0 saturated heterocycles. The number of amides is 1. The molecule has 1 aliphatic carbocycles. The molecule has 1 aliphatic heterocycles. The summed E-state index contributed by atoms with van der Waals surface area (Å²) in [4.78, 5) is 30.5. The lowest BCUT2D eigenvalue weighted by Gasteiger charge is -2.35. The third kappa shape index (κ3) is 5.46. The van der Waals surface area contributed by atoms with Gasteiger partial charge in [0, 0.05) is 28.3 Å². The van der Waals surface area contributed by atoms with Crippen LogP contribution in [-0.2, 0) is 10.2 Å². The Kier molecular flexibility index (Phi) is 7.61. The maximum Gasteiger partial charge on any atom is 0.259 e. The smallest absolute Gasteiger partial charge is 0.259 e. The van der Waals surface area contributed by atoms with Crippen molar-refractivity contribution >= 4 is 34.7 Å². The molecular formula is C37H35ClN2O3. The molecule has 1 amide bonds. The first kappa shape index (κ1) is 28.8. The molecule has 6 rings (SSSR count). The van der Waals surface area contributed by atoms with Gasteiger partial charge in [0.05, 0.1) is 24.5 Å². The van der Waals surface area contributed by atoms with Crippen LogP contribution in [0.5, 0.6) is 5.75 Å². The molecule has 4 aromatic carbocycles. The number of nitrogens with one attached hydrogen (secondary N) is 1. The van der Waals surface area contributed by atoms with Crippen molar-refractivity contribution in [2.75, 3.05) is 17.3 Å². The number of nitrogens with zero attached hydrogens (tertiary/aromatic N) is 1. The standard InChI is InChI=1S/C37H35ClN2O3/c1-37(2,3)26-17-13-23(14-18-26)25-21-31-34(33(41)22-25)35(28-9-5-6-10-29(28)38)40(32-12-8-7-11-30(32)39-31)36(42)24-15-19-27(43-4)20-16-24/h5-20,25,35,39H,21-22H2,1-4H3/t25-,35+/m1/s1. The number of benzene rings is 4. The number of halogens is 1. The summed E-state index contributed by atoms with van der Waals surface area (Å²) >= 11 is 6.84. The molecule has 1 N–H and O–H groups in total. The zero-order valence-corrected chi connectivity index (χ0v) is 25.6. The van der Waals surface area contributed by atoms with Crippen LogP contribution in [-0.4, -0.2) is 18.8 Å². The number of anilines is 2. The Morgan fingerprint density at radius 3 is 2.23 bits per heavy atom. The number of hydrogen-bond donors (Lipinski definition) is 1.